The Balaban J connectivity index is 1.44. The first-order valence-electron chi connectivity index (χ1n) is 12.3. The normalized spacial score (nSPS) is 16.8. The first kappa shape index (κ1) is 26.5. The Morgan fingerprint density at radius 3 is 2.55 bits per heavy atom. The molecule has 1 aliphatic heterocycles. The van der Waals surface area contributed by atoms with Crippen LogP contribution in [0.1, 0.15) is 53.2 Å². The number of sulfone groups is 1. The van der Waals surface area contributed by atoms with Gasteiger partial charge in [-0.25, -0.2) is 13.4 Å². The molecule has 1 saturated carbocycles. The number of aliphatic hydroxyl groups is 1. The van der Waals surface area contributed by atoms with E-state index in [4.69, 9.17) is 16.0 Å². The summed E-state index contributed by atoms with van der Waals surface area (Å²) in [6.07, 6.45) is 3.57. The van der Waals surface area contributed by atoms with Crippen LogP contribution in [0.3, 0.4) is 0 Å². The average molecular weight is 561 g/mol. The number of aliphatic hydroxyl groups excluding tert-OH is 1. The molecule has 202 valence electrons. The van der Waals surface area contributed by atoms with Gasteiger partial charge in [-0.2, -0.15) is 0 Å². The van der Waals surface area contributed by atoms with Crippen molar-refractivity contribution in [1.29, 1.82) is 0 Å². The fourth-order valence-corrected chi connectivity index (χ4v) is 7.34. The third-order valence-corrected chi connectivity index (χ3v) is 11.0. The van der Waals surface area contributed by atoms with E-state index in [9.17, 15) is 23.1 Å². The van der Waals surface area contributed by atoms with Crippen molar-refractivity contribution in [2.45, 2.75) is 49.3 Å². The van der Waals surface area contributed by atoms with Crippen LogP contribution in [-0.4, -0.2) is 69.0 Å². The number of aromatic nitrogens is 2. The minimum Gasteiger partial charge on any atom is -0.443 e. The van der Waals surface area contributed by atoms with Gasteiger partial charge in [-0.1, -0.05) is 23.7 Å². The van der Waals surface area contributed by atoms with Gasteiger partial charge in [0.05, 0.1) is 27.9 Å². The number of benzene rings is 1. The van der Waals surface area contributed by atoms with E-state index in [0.29, 0.717) is 41.4 Å². The first-order valence-corrected chi connectivity index (χ1v) is 14.2. The highest BCUT2D eigenvalue weighted by Crippen LogP contribution is 2.49. The minimum absolute atomic E-state index is 0.0245. The lowest BCUT2D eigenvalue weighted by Gasteiger charge is -2.35. The Kier molecular flexibility index (Phi) is 6.65. The second-order valence-corrected chi connectivity index (χ2v) is 13.9. The number of nitrogens with one attached hydrogen (secondary N) is 1. The number of halogens is 1. The van der Waals surface area contributed by atoms with Crippen LogP contribution in [0.2, 0.25) is 5.02 Å². The Morgan fingerprint density at radius 1 is 1.24 bits per heavy atom. The van der Waals surface area contributed by atoms with Crippen molar-refractivity contribution in [3.63, 3.8) is 0 Å². The molecule has 2 amide bonds. The van der Waals surface area contributed by atoms with Gasteiger partial charge in [0.15, 0.2) is 22.0 Å². The van der Waals surface area contributed by atoms with Crippen molar-refractivity contribution in [3.05, 3.63) is 64.9 Å². The van der Waals surface area contributed by atoms with Gasteiger partial charge in [0.25, 0.3) is 11.8 Å². The zero-order chi connectivity index (χ0) is 27.3. The van der Waals surface area contributed by atoms with E-state index < -0.39 is 25.9 Å². The van der Waals surface area contributed by atoms with Crippen LogP contribution in [0.25, 0.3) is 11.3 Å². The molecule has 0 spiro atoms. The van der Waals surface area contributed by atoms with E-state index >= 15 is 0 Å². The zero-order valence-corrected chi connectivity index (χ0v) is 22.7. The van der Waals surface area contributed by atoms with E-state index in [1.54, 1.807) is 22.8 Å². The third kappa shape index (κ3) is 4.42. The van der Waals surface area contributed by atoms with Gasteiger partial charge in [-0.05, 0) is 50.5 Å². The maximum Gasteiger partial charge on any atom is 0.271 e. The van der Waals surface area contributed by atoms with Crippen LogP contribution in [-0.2, 0) is 22.9 Å². The predicted molar refractivity (Wildman–Crippen MR) is 141 cm³/mol. The predicted octanol–water partition coefficient (Wildman–Crippen LogP) is 2.90. The van der Waals surface area contributed by atoms with Gasteiger partial charge in [-0.3, -0.25) is 9.59 Å². The molecule has 2 aliphatic rings. The van der Waals surface area contributed by atoms with Crippen LogP contribution in [0.5, 0.6) is 0 Å². The smallest absolute Gasteiger partial charge is 0.271 e. The summed E-state index contributed by atoms with van der Waals surface area (Å²) in [5, 5.41) is 13.2. The molecule has 0 atom stereocenters. The molecule has 12 heteroatoms. The molecular formula is C26H29ClN4O6S. The summed E-state index contributed by atoms with van der Waals surface area (Å²) in [4.78, 5) is 32.5. The molecule has 3 heterocycles. The monoisotopic (exact) mass is 560 g/mol. The van der Waals surface area contributed by atoms with Gasteiger partial charge in [0.1, 0.15) is 11.4 Å². The van der Waals surface area contributed by atoms with Crippen molar-refractivity contribution >= 4 is 33.3 Å². The molecule has 2 aromatic heterocycles. The van der Waals surface area contributed by atoms with Gasteiger partial charge < -0.3 is 24.3 Å². The van der Waals surface area contributed by atoms with Crippen LogP contribution in [0, 0.1) is 0 Å². The number of rotatable bonds is 9. The van der Waals surface area contributed by atoms with Gasteiger partial charge in [-0.15, -0.1) is 0 Å². The van der Waals surface area contributed by atoms with Crippen LogP contribution < -0.4 is 5.32 Å². The van der Waals surface area contributed by atoms with Crippen molar-refractivity contribution in [1.82, 2.24) is 19.8 Å². The molecule has 5 rings (SSSR count). The number of nitrogens with zero attached hydrogens (tertiary/aromatic N) is 3. The summed E-state index contributed by atoms with van der Waals surface area (Å²) in [5.41, 5.74) is 1.83. The number of hydrogen-bond acceptors (Lipinski definition) is 7. The average Bonchev–Trinajstić information content (AvgIpc) is 3.31. The number of amides is 2. The SMILES string of the molecule is CC(C)(CO)S(=O)(=O)C1(CN2CCn3c(C(=O)NCc4ccc(Cl)cc4)cc(-c4cnco4)c3C2=O)CC1. The van der Waals surface area contributed by atoms with Crippen LogP contribution in [0.4, 0.5) is 0 Å². The largest absolute Gasteiger partial charge is 0.443 e. The standard InChI is InChI=1S/C26H29ClN4O6S/c1-25(2,15-32)38(35,36)26(7-8-26)14-30-9-10-31-20(23(33)29-12-17-3-5-18(27)6-4-17)11-19(22(31)24(30)34)21-13-28-16-37-21/h3-6,11,13,16,32H,7-10,12,14-15H2,1-2H3,(H,29,33). The van der Waals surface area contributed by atoms with E-state index in [1.807, 2.05) is 12.1 Å². The fraction of sp³-hybridized carbons (Fsp3) is 0.423. The number of fused-ring (bicyclic) bond motifs is 1. The molecule has 10 nitrogen and oxygen atoms in total. The fourth-order valence-electron chi connectivity index (χ4n) is 4.90. The lowest BCUT2D eigenvalue weighted by atomic mass is 10.1. The molecular weight excluding hydrogens is 532 g/mol. The van der Waals surface area contributed by atoms with Crippen molar-refractivity contribution in [2.75, 3.05) is 19.7 Å². The zero-order valence-electron chi connectivity index (χ0n) is 21.1. The molecule has 38 heavy (non-hydrogen) atoms. The van der Waals surface area contributed by atoms with E-state index in [0.717, 1.165) is 5.56 Å². The van der Waals surface area contributed by atoms with E-state index in [1.165, 1.54) is 31.3 Å². The number of carbonyl (C=O) groups excluding carboxylic acids is 2. The summed E-state index contributed by atoms with van der Waals surface area (Å²) in [5.74, 6) is -0.419. The lowest BCUT2D eigenvalue weighted by molar-refractivity contribution is 0.0698. The molecule has 1 fully saturated rings. The van der Waals surface area contributed by atoms with Crippen molar-refractivity contribution < 1.29 is 27.5 Å². The van der Waals surface area contributed by atoms with Gasteiger partial charge >= 0.3 is 0 Å². The summed E-state index contributed by atoms with van der Waals surface area (Å²) in [7, 11) is -3.73. The highest BCUT2D eigenvalue weighted by atomic mass is 35.5. The Bertz CT molecular complexity index is 1470. The Morgan fingerprint density at radius 2 is 1.95 bits per heavy atom. The van der Waals surface area contributed by atoms with Crippen LogP contribution in [0.15, 0.2) is 47.3 Å². The second kappa shape index (κ2) is 9.55. The Hall–Kier alpha value is -3.15. The molecule has 1 aromatic carbocycles. The maximum absolute atomic E-state index is 13.8. The topological polar surface area (TPSA) is 135 Å². The molecule has 2 N–H and O–H groups in total. The third-order valence-electron chi connectivity index (χ3n) is 7.44. The molecule has 0 bridgehead atoms. The maximum atomic E-state index is 13.8. The van der Waals surface area contributed by atoms with E-state index in [-0.39, 0.29) is 37.1 Å². The molecule has 0 radical (unpaired) electrons. The summed E-state index contributed by atoms with van der Waals surface area (Å²) in [6, 6.07) is 8.72. The highest BCUT2D eigenvalue weighted by molar-refractivity contribution is 7.94. The number of carbonyl (C=O) groups is 2. The van der Waals surface area contributed by atoms with Gasteiger partial charge in [0, 0.05) is 31.2 Å². The molecule has 0 unspecified atom stereocenters. The van der Waals surface area contributed by atoms with Crippen molar-refractivity contribution in [2.24, 2.45) is 0 Å². The number of hydrogen-bond donors (Lipinski definition) is 2. The molecule has 3 aromatic rings. The summed E-state index contributed by atoms with van der Waals surface area (Å²) >= 11 is 5.94. The minimum atomic E-state index is -3.73. The summed E-state index contributed by atoms with van der Waals surface area (Å²) < 4.78 is 31.4. The molecule has 1 aliphatic carbocycles. The van der Waals surface area contributed by atoms with Crippen molar-refractivity contribution in [3.8, 4) is 11.3 Å². The highest BCUT2D eigenvalue weighted by Gasteiger charge is 2.60. The van der Waals surface area contributed by atoms with Crippen LogP contribution >= 0.6 is 11.6 Å². The first-order chi connectivity index (χ1) is 18.0. The lowest BCUT2D eigenvalue weighted by Crippen LogP contribution is -2.52. The second-order valence-electron chi connectivity index (χ2n) is 10.4. The van der Waals surface area contributed by atoms with Gasteiger partial charge in [0.2, 0.25) is 0 Å². The summed E-state index contributed by atoms with van der Waals surface area (Å²) in [6.45, 7) is 3.35. The quantitative estimate of drug-likeness (QED) is 0.411. The Labute approximate surface area is 225 Å². The number of oxazole rings is 1. The molecule has 0 saturated heterocycles. The van der Waals surface area contributed by atoms with E-state index in [2.05, 4.69) is 10.3 Å².